The second-order valence-corrected chi connectivity index (χ2v) is 5.66. The maximum Gasteiger partial charge on any atom is 0.224 e. The van der Waals surface area contributed by atoms with Gasteiger partial charge in [-0.25, -0.2) is 4.39 Å². The Kier molecular flexibility index (Phi) is 5.95. The van der Waals surface area contributed by atoms with Gasteiger partial charge in [-0.3, -0.25) is 4.79 Å². The number of hydrogen-bond donors (Lipinski definition) is 1. The number of rotatable bonds is 6. The number of carbonyl (C=O) groups excluding carboxylic acids is 1. The van der Waals surface area contributed by atoms with Crippen LogP contribution in [0.1, 0.15) is 18.9 Å². The molecule has 0 heterocycles. The molecule has 0 spiro atoms. The first kappa shape index (κ1) is 16.5. The Hall–Kier alpha value is -1.88. The van der Waals surface area contributed by atoms with E-state index in [2.05, 4.69) is 21.2 Å². The fourth-order valence-corrected chi connectivity index (χ4v) is 2.33. The number of ether oxygens (including phenoxy) is 1. The average molecular weight is 366 g/mol. The van der Waals surface area contributed by atoms with Gasteiger partial charge in [-0.05, 0) is 55.3 Å². The van der Waals surface area contributed by atoms with Crippen molar-refractivity contribution in [3.8, 4) is 5.75 Å². The van der Waals surface area contributed by atoms with Crippen LogP contribution in [0.25, 0.3) is 0 Å². The van der Waals surface area contributed by atoms with Crippen molar-refractivity contribution in [1.82, 2.24) is 0 Å². The lowest BCUT2D eigenvalue weighted by Gasteiger charge is -2.08. The van der Waals surface area contributed by atoms with Gasteiger partial charge in [-0.2, -0.15) is 0 Å². The number of halogens is 2. The third-order valence-corrected chi connectivity index (χ3v) is 3.58. The highest BCUT2D eigenvalue weighted by Crippen LogP contribution is 2.18. The van der Waals surface area contributed by atoms with E-state index in [1.54, 1.807) is 36.4 Å². The molecule has 3 nitrogen and oxygen atoms in total. The quantitative estimate of drug-likeness (QED) is 0.814. The number of aryl methyl sites for hydroxylation is 1. The number of carbonyl (C=O) groups is 1. The molecule has 116 valence electrons. The zero-order chi connectivity index (χ0) is 15.9. The van der Waals surface area contributed by atoms with Gasteiger partial charge >= 0.3 is 0 Å². The molecule has 0 fully saturated rings. The van der Waals surface area contributed by atoms with Crippen molar-refractivity contribution in [2.75, 3.05) is 11.9 Å². The first-order valence-corrected chi connectivity index (χ1v) is 7.84. The van der Waals surface area contributed by atoms with Gasteiger partial charge in [0.15, 0.2) is 0 Å². The molecule has 0 unspecified atom stereocenters. The standard InChI is InChI=1S/C17H17BrFNO2/c1-2-22-15-8-6-14(7-9-15)20-17(21)10-4-12-3-5-13(18)11-16(12)19/h3,5-9,11H,2,4,10H2,1H3,(H,20,21). The van der Waals surface area contributed by atoms with Gasteiger partial charge in [0.1, 0.15) is 11.6 Å². The molecule has 0 saturated heterocycles. The molecule has 0 bridgehead atoms. The van der Waals surface area contributed by atoms with Crippen LogP contribution in [0.15, 0.2) is 46.9 Å². The van der Waals surface area contributed by atoms with Crippen molar-refractivity contribution in [2.24, 2.45) is 0 Å². The van der Waals surface area contributed by atoms with Gasteiger partial charge in [-0.15, -0.1) is 0 Å². The average Bonchev–Trinajstić information content (AvgIpc) is 2.49. The normalized spacial score (nSPS) is 10.3. The Morgan fingerprint density at radius 3 is 2.59 bits per heavy atom. The summed E-state index contributed by atoms with van der Waals surface area (Å²) < 4.78 is 19.7. The molecule has 2 aromatic rings. The van der Waals surface area contributed by atoms with Crippen molar-refractivity contribution < 1.29 is 13.9 Å². The van der Waals surface area contributed by atoms with Gasteiger partial charge in [0.2, 0.25) is 5.91 Å². The van der Waals surface area contributed by atoms with E-state index in [1.807, 2.05) is 6.92 Å². The highest BCUT2D eigenvalue weighted by Gasteiger charge is 2.07. The summed E-state index contributed by atoms with van der Waals surface area (Å²) in [5, 5.41) is 2.79. The van der Waals surface area contributed by atoms with E-state index < -0.39 is 0 Å². The summed E-state index contributed by atoms with van der Waals surface area (Å²) in [6.45, 7) is 2.52. The van der Waals surface area contributed by atoms with Crippen molar-refractivity contribution in [3.05, 3.63) is 58.3 Å². The molecule has 0 saturated carbocycles. The Morgan fingerprint density at radius 2 is 1.95 bits per heavy atom. The predicted molar refractivity (Wildman–Crippen MR) is 88.7 cm³/mol. The Bertz CT molecular complexity index is 644. The Balaban J connectivity index is 1.87. The van der Waals surface area contributed by atoms with Crippen LogP contribution in [-0.4, -0.2) is 12.5 Å². The van der Waals surface area contributed by atoms with Crippen LogP contribution in [0.3, 0.4) is 0 Å². The van der Waals surface area contributed by atoms with Crippen LogP contribution in [0.4, 0.5) is 10.1 Å². The van der Waals surface area contributed by atoms with Gasteiger partial charge < -0.3 is 10.1 Å². The fourth-order valence-electron chi connectivity index (χ4n) is 2.00. The van der Waals surface area contributed by atoms with Crippen molar-refractivity contribution >= 4 is 27.5 Å². The lowest BCUT2D eigenvalue weighted by molar-refractivity contribution is -0.116. The minimum Gasteiger partial charge on any atom is -0.494 e. The van der Waals surface area contributed by atoms with Crippen LogP contribution in [0.2, 0.25) is 0 Å². The Labute approximate surface area is 137 Å². The first-order valence-electron chi connectivity index (χ1n) is 7.05. The first-order chi connectivity index (χ1) is 10.6. The molecule has 0 aliphatic heterocycles. The molecule has 2 rings (SSSR count). The van der Waals surface area contributed by atoms with E-state index in [9.17, 15) is 9.18 Å². The molecule has 22 heavy (non-hydrogen) atoms. The summed E-state index contributed by atoms with van der Waals surface area (Å²) in [5.74, 6) is 0.312. The minimum atomic E-state index is -0.303. The summed E-state index contributed by atoms with van der Waals surface area (Å²) >= 11 is 3.21. The third-order valence-electron chi connectivity index (χ3n) is 3.09. The maximum atomic E-state index is 13.7. The molecule has 0 radical (unpaired) electrons. The molecule has 0 aliphatic rings. The zero-order valence-corrected chi connectivity index (χ0v) is 13.8. The molecular formula is C17H17BrFNO2. The summed E-state index contributed by atoms with van der Waals surface area (Å²) in [6, 6.07) is 12.0. The molecule has 2 aromatic carbocycles. The van der Waals surface area contributed by atoms with Gasteiger partial charge in [-0.1, -0.05) is 22.0 Å². The molecule has 0 aromatic heterocycles. The predicted octanol–water partition coefficient (Wildman–Crippen LogP) is 4.56. The molecule has 5 heteroatoms. The second kappa shape index (κ2) is 7.94. The van der Waals surface area contributed by atoms with Gasteiger partial charge in [0, 0.05) is 16.6 Å². The second-order valence-electron chi connectivity index (χ2n) is 4.74. The number of amides is 1. The number of hydrogen-bond acceptors (Lipinski definition) is 2. The fraction of sp³-hybridized carbons (Fsp3) is 0.235. The highest BCUT2D eigenvalue weighted by atomic mass is 79.9. The summed E-state index contributed by atoms with van der Waals surface area (Å²) in [6.07, 6.45) is 0.591. The molecule has 0 atom stereocenters. The molecule has 1 N–H and O–H groups in total. The number of anilines is 1. The molecule has 0 aliphatic carbocycles. The van der Waals surface area contributed by atoms with Crippen LogP contribution in [0.5, 0.6) is 5.75 Å². The molecular weight excluding hydrogens is 349 g/mol. The van der Waals surface area contributed by atoms with E-state index in [1.165, 1.54) is 6.07 Å². The van der Waals surface area contributed by atoms with Crippen LogP contribution >= 0.6 is 15.9 Å². The minimum absolute atomic E-state index is 0.147. The lowest BCUT2D eigenvalue weighted by Crippen LogP contribution is -2.12. The number of nitrogens with one attached hydrogen (secondary N) is 1. The Morgan fingerprint density at radius 1 is 1.23 bits per heavy atom. The van der Waals surface area contributed by atoms with E-state index in [0.717, 1.165) is 5.75 Å². The largest absolute Gasteiger partial charge is 0.494 e. The van der Waals surface area contributed by atoms with E-state index in [-0.39, 0.29) is 18.1 Å². The van der Waals surface area contributed by atoms with Gasteiger partial charge in [0.05, 0.1) is 6.61 Å². The van der Waals surface area contributed by atoms with Crippen LogP contribution < -0.4 is 10.1 Å². The van der Waals surface area contributed by atoms with Crippen LogP contribution in [0, 0.1) is 5.82 Å². The topological polar surface area (TPSA) is 38.3 Å². The monoisotopic (exact) mass is 365 g/mol. The smallest absolute Gasteiger partial charge is 0.224 e. The van der Waals surface area contributed by atoms with E-state index in [0.29, 0.717) is 28.8 Å². The highest BCUT2D eigenvalue weighted by molar-refractivity contribution is 9.10. The van der Waals surface area contributed by atoms with Crippen molar-refractivity contribution in [2.45, 2.75) is 19.8 Å². The van der Waals surface area contributed by atoms with Crippen LogP contribution in [-0.2, 0) is 11.2 Å². The maximum absolute atomic E-state index is 13.7. The van der Waals surface area contributed by atoms with Crippen molar-refractivity contribution in [3.63, 3.8) is 0 Å². The molecule has 1 amide bonds. The zero-order valence-electron chi connectivity index (χ0n) is 12.2. The number of benzene rings is 2. The third kappa shape index (κ3) is 4.84. The summed E-state index contributed by atoms with van der Waals surface area (Å²) in [7, 11) is 0. The summed E-state index contributed by atoms with van der Waals surface area (Å²) in [4.78, 5) is 11.9. The van der Waals surface area contributed by atoms with E-state index >= 15 is 0 Å². The summed E-state index contributed by atoms with van der Waals surface area (Å²) in [5.41, 5.74) is 1.23. The lowest BCUT2D eigenvalue weighted by atomic mass is 10.1. The van der Waals surface area contributed by atoms with Gasteiger partial charge in [0.25, 0.3) is 0 Å². The van der Waals surface area contributed by atoms with E-state index in [4.69, 9.17) is 4.74 Å². The van der Waals surface area contributed by atoms with Crippen molar-refractivity contribution in [1.29, 1.82) is 0 Å². The SMILES string of the molecule is CCOc1ccc(NC(=O)CCc2ccc(Br)cc2F)cc1.